The minimum Gasteiger partial charge on any atom is -0.333 e. The van der Waals surface area contributed by atoms with Gasteiger partial charge in [-0.25, -0.2) is 5.43 Å². The predicted octanol–water partition coefficient (Wildman–Crippen LogP) is 1.56. The van der Waals surface area contributed by atoms with E-state index in [0.29, 0.717) is 37.2 Å². The van der Waals surface area contributed by atoms with Gasteiger partial charge in [0.2, 0.25) is 5.91 Å². The van der Waals surface area contributed by atoms with Crippen molar-refractivity contribution < 1.29 is 9.59 Å². The summed E-state index contributed by atoms with van der Waals surface area (Å²) < 4.78 is 0. The summed E-state index contributed by atoms with van der Waals surface area (Å²) in [6.07, 6.45) is 1.50. The first kappa shape index (κ1) is 15.7. The summed E-state index contributed by atoms with van der Waals surface area (Å²) >= 11 is 0. The lowest BCUT2D eigenvalue weighted by Gasteiger charge is -2.24. The first-order chi connectivity index (χ1) is 10.6. The Bertz CT molecular complexity index is 629. The molecule has 1 aliphatic rings. The Balaban J connectivity index is 2.10. The van der Waals surface area contributed by atoms with Crippen molar-refractivity contribution in [3.63, 3.8) is 0 Å². The lowest BCUT2D eigenvalue weighted by Crippen LogP contribution is -2.40. The highest BCUT2D eigenvalue weighted by molar-refractivity contribution is 6.39. The van der Waals surface area contributed by atoms with E-state index in [1.54, 1.807) is 17.0 Å². The number of nitrogens with zero attached hydrogens (tertiary/aromatic N) is 3. The van der Waals surface area contributed by atoms with Crippen LogP contribution in [0.1, 0.15) is 37.3 Å². The average molecular weight is 298 g/mol. The van der Waals surface area contributed by atoms with Crippen molar-refractivity contribution in [2.75, 3.05) is 6.54 Å². The van der Waals surface area contributed by atoms with E-state index in [1.807, 2.05) is 19.1 Å². The van der Waals surface area contributed by atoms with E-state index < -0.39 is 0 Å². The van der Waals surface area contributed by atoms with Crippen molar-refractivity contribution in [2.24, 2.45) is 5.10 Å². The van der Waals surface area contributed by atoms with Crippen LogP contribution < -0.4 is 5.43 Å². The molecule has 0 unspecified atom stereocenters. The van der Waals surface area contributed by atoms with Gasteiger partial charge in [0.25, 0.3) is 5.91 Å². The largest absolute Gasteiger partial charge is 0.333 e. The molecule has 0 fully saturated rings. The summed E-state index contributed by atoms with van der Waals surface area (Å²) in [6.45, 7) is 3.08. The molecule has 1 aromatic rings. The molecule has 0 saturated carbocycles. The lowest BCUT2D eigenvalue weighted by atomic mass is 10.1. The van der Waals surface area contributed by atoms with Gasteiger partial charge in [-0.2, -0.15) is 10.4 Å². The first-order valence-electron chi connectivity index (χ1n) is 7.27. The molecule has 0 atom stereocenters. The SMILES string of the molecule is CCCN(Cc1ccc(C#N)cc1)C(=O)C1=NNC(=O)CC1. The van der Waals surface area contributed by atoms with Gasteiger partial charge in [0, 0.05) is 25.9 Å². The summed E-state index contributed by atoms with van der Waals surface area (Å²) in [7, 11) is 0. The molecule has 114 valence electrons. The molecule has 2 amide bonds. The zero-order valence-electron chi connectivity index (χ0n) is 12.5. The van der Waals surface area contributed by atoms with Crippen LogP contribution in [0, 0.1) is 11.3 Å². The Morgan fingerprint density at radius 2 is 2.09 bits per heavy atom. The van der Waals surface area contributed by atoms with E-state index in [4.69, 9.17) is 5.26 Å². The average Bonchev–Trinajstić information content (AvgIpc) is 2.55. The van der Waals surface area contributed by atoms with Crippen molar-refractivity contribution >= 4 is 17.5 Å². The molecule has 0 saturated heterocycles. The van der Waals surface area contributed by atoms with E-state index in [0.717, 1.165) is 12.0 Å². The molecule has 0 spiro atoms. The highest BCUT2D eigenvalue weighted by atomic mass is 16.2. The molecule has 0 aromatic heterocycles. The second kappa shape index (κ2) is 7.36. The van der Waals surface area contributed by atoms with Crippen LogP contribution in [-0.4, -0.2) is 29.0 Å². The van der Waals surface area contributed by atoms with Gasteiger partial charge >= 0.3 is 0 Å². The summed E-state index contributed by atoms with van der Waals surface area (Å²) in [4.78, 5) is 25.3. The van der Waals surface area contributed by atoms with Crippen molar-refractivity contribution in [1.82, 2.24) is 10.3 Å². The highest BCUT2D eigenvalue weighted by Crippen LogP contribution is 2.11. The normalized spacial score (nSPS) is 13.8. The Morgan fingerprint density at radius 3 is 2.64 bits per heavy atom. The monoisotopic (exact) mass is 298 g/mol. The maximum Gasteiger partial charge on any atom is 0.270 e. The molecule has 1 aromatic carbocycles. The fraction of sp³-hybridized carbons (Fsp3) is 0.375. The molecule has 0 radical (unpaired) electrons. The van der Waals surface area contributed by atoms with Crippen LogP contribution in [0.25, 0.3) is 0 Å². The van der Waals surface area contributed by atoms with Crippen LogP contribution in [0.4, 0.5) is 0 Å². The van der Waals surface area contributed by atoms with Crippen LogP contribution >= 0.6 is 0 Å². The molecule has 2 rings (SSSR count). The smallest absolute Gasteiger partial charge is 0.270 e. The summed E-state index contributed by atoms with van der Waals surface area (Å²) in [5.41, 5.74) is 4.30. The molecule has 1 aliphatic heterocycles. The van der Waals surface area contributed by atoms with Gasteiger partial charge in [-0.1, -0.05) is 19.1 Å². The van der Waals surface area contributed by atoms with Crippen LogP contribution in [0.15, 0.2) is 29.4 Å². The van der Waals surface area contributed by atoms with Crippen molar-refractivity contribution in [1.29, 1.82) is 5.26 Å². The van der Waals surface area contributed by atoms with Gasteiger partial charge in [0.15, 0.2) is 0 Å². The number of benzene rings is 1. The van der Waals surface area contributed by atoms with E-state index >= 15 is 0 Å². The molecule has 1 N–H and O–H groups in total. The standard InChI is InChI=1S/C16H18N4O2/c1-2-9-20(11-13-5-3-12(10-17)4-6-13)16(22)14-7-8-15(21)19-18-14/h3-6H,2,7-9,11H2,1H3,(H,19,21). The zero-order chi connectivity index (χ0) is 15.9. The van der Waals surface area contributed by atoms with Gasteiger partial charge in [0.05, 0.1) is 11.6 Å². The summed E-state index contributed by atoms with van der Waals surface area (Å²) in [5, 5.41) is 12.7. The molecule has 6 nitrogen and oxygen atoms in total. The van der Waals surface area contributed by atoms with Crippen molar-refractivity contribution in [2.45, 2.75) is 32.7 Å². The second-order valence-electron chi connectivity index (χ2n) is 5.13. The molecular formula is C16H18N4O2. The topological polar surface area (TPSA) is 85.6 Å². The zero-order valence-corrected chi connectivity index (χ0v) is 12.5. The Morgan fingerprint density at radius 1 is 1.36 bits per heavy atom. The van der Waals surface area contributed by atoms with Crippen LogP contribution in [0.3, 0.4) is 0 Å². The number of hydrazone groups is 1. The third-order valence-electron chi connectivity index (χ3n) is 3.39. The second-order valence-corrected chi connectivity index (χ2v) is 5.13. The fourth-order valence-corrected chi connectivity index (χ4v) is 2.24. The van der Waals surface area contributed by atoms with Gasteiger partial charge in [0.1, 0.15) is 5.71 Å². The van der Waals surface area contributed by atoms with E-state index in [9.17, 15) is 9.59 Å². The molecule has 22 heavy (non-hydrogen) atoms. The quantitative estimate of drug-likeness (QED) is 0.895. The van der Waals surface area contributed by atoms with Gasteiger partial charge in [-0.05, 0) is 24.1 Å². The van der Waals surface area contributed by atoms with Crippen LogP contribution in [0.5, 0.6) is 0 Å². The van der Waals surface area contributed by atoms with Crippen molar-refractivity contribution in [3.05, 3.63) is 35.4 Å². The van der Waals surface area contributed by atoms with Gasteiger partial charge < -0.3 is 4.90 Å². The third kappa shape index (κ3) is 3.92. The number of rotatable bonds is 5. The lowest BCUT2D eigenvalue weighted by molar-refractivity contribution is -0.125. The van der Waals surface area contributed by atoms with Crippen LogP contribution in [-0.2, 0) is 16.1 Å². The van der Waals surface area contributed by atoms with Gasteiger partial charge in [-0.3, -0.25) is 9.59 Å². The Hall–Kier alpha value is -2.68. The number of hydrogen-bond donors (Lipinski definition) is 1. The minimum absolute atomic E-state index is 0.147. The molecule has 0 bridgehead atoms. The number of carbonyl (C=O) groups excluding carboxylic acids is 2. The van der Waals surface area contributed by atoms with E-state index in [2.05, 4.69) is 16.6 Å². The number of amides is 2. The Labute approximate surface area is 129 Å². The molecular weight excluding hydrogens is 280 g/mol. The third-order valence-corrected chi connectivity index (χ3v) is 3.39. The molecule has 6 heteroatoms. The Kier molecular flexibility index (Phi) is 5.26. The van der Waals surface area contributed by atoms with E-state index in [1.165, 1.54) is 0 Å². The maximum atomic E-state index is 12.5. The molecule has 0 aliphatic carbocycles. The maximum absolute atomic E-state index is 12.5. The summed E-state index contributed by atoms with van der Waals surface area (Å²) in [5.74, 6) is -0.308. The number of nitrogens with one attached hydrogen (secondary N) is 1. The highest BCUT2D eigenvalue weighted by Gasteiger charge is 2.23. The molecule has 1 heterocycles. The van der Waals surface area contributed by atoms with Crippen molar-refractivity contribution in [3.8, 4) is 6.07 Å². The van der Waals surface area contributed by atoms with Crippen LogP contribution in [0.2, 0.25) is 0 Å². The minimum atomic E-state index is -0.161. The number of carbonyl (C=O) groups is 2. The summed E-state index contributed by atoms with van der Waals surface area (Å²) in [6, 6.07) is 9.24. The van der Waals surface area contributed by atoms with E-state index in [-0.39, 0.29) is 11.8 Å². The van der Waals surface area contributed by atoms with Gasteiger partial charge in [-0.15, -0.1) is 0 Å². The number of nitriles is 1. The fourth-order valence-electron chi connectivity index (χ4n) is 2.24. The predicted molar refractivity (Wildman–Crippen MR) is 81.7 cm³/mol. The number of hydrogen-bond acceptors (Lipinski definition) is 4. The first-order valence-corrected chi connectivity index (χ1v) is 7.27.